The lowest BCUT2D eigenvalue weighted by molar-refractivity contribution is 0.385. The number of methoxy groups -OCH3 is 1. The quantitative estimate of drug-likeness (QED) is 0.868. The number of nitrogens with two attached hydrogens (primary N) is 1. The Morgan fingerprint density at radius 3 is 2.60 bits per heavy atom. The fourth-order valence-electron chi connectivity index (χ4n) is 1.39. The number of ether oxygens (including phenoxy) is 1. The standard InChI is InChI=1S/C11H16FNO.ClH/c1-3-4-10(13)8-5-6-11(14-2)9(12)7-8;/h5-7,10H,3-4,13H2,1-2H3;1H/t10-;/m0./s1. The second-order valence-corrected chi connectivity index (χ2v) is 3.29. The molecule has 0 aliphatic carbocycles. The van der Waals surface area contributed by atoms with Crippen LogP contribution in [-0.2, 0) is 0 Å². The normalized spacial score (nSPS) is 11.7. The van der Waals surface area contributed by atoms with Crippen LogP contribution in [0.25, 0.3) is 0 Å². The van der Waals surface area contributed by atoms with Crippen LogP contribution in [0.1, 0.15) is 31.4 Å². The van der Waals surface area contributed by atoms with Crippen molar-refractivity contribution in [2.75, 3.05) is 7.11 Å². The van der Waals surface area contributed by atoms with Crippen LogP contribution in [0.4, 0.5) is 4.39 Å². The fraction of sp³-hybridized carbons (Fsp3) is 0.455. The van der Waals surface area contributed by atoms with Gasteiger partial charge in [0.1, 0.15) is 0 Å². The third-order valence-electron chi connectivity index (χ3n) is 2.20. The largest absolute Gasteiger partial charge is 0.494 e. The topological polar surface area (TPSA) is 35.2 Å². The van der Waals surface area contributed by atoms with Gasteiger partial charge in [-0.3, -0.25) is 0 Å². The molecule has 4 heteroatoms. The minimum absolute atomic E-state index is 0. The molecule has 0 aromatic heterocycles. The first kappa shape index (κ1) is 14.2. The number of hydrogen-bond donors (Lipinski definition) is 1. The molecule has 0 fully saturated rings. The van der Waals surface area contributed by atoms with Crippen molar-refractivity contribution in [1.82, 2.24) is 0 Å². The molecule has 86 valence electrons. The van der Waals surface area contributed by atoms with Gasteiger partial charge in [-0.05, 0) is 24.1 Å². The molecule has 0 bridgehead atoms. The minimum atomic E-state index is -0.350. The van der Waals surface area contributed by atoms with Gasteiger partial charge in [-0.15, -0.1) is 12.4 Å². The fourth-order valence-corrected chi connectivity index (χ4v) is 1.39. The summed E-state index contributed by atoms with van der Waals surface area (Å²) in [7, 11) is 1.45. The van der Waals surface area contributed by atoms with E-state index in [0.29, 0.717) is 0 Å². The summed E-state index contributed by atoms with van der Waals surface area (Å²) in [5.74, 6) is -0.0889. The molecule has 2 N–H and O–H groups in total. The van der Waals surface area contributed by atoms with Gasteiger partial charge in [-0.2, -0.15) is 0 Å². The summed E-state index contributed by atoms with van der Waals surface area (Å²) in [4.78, 5) is 0. The van der Waals surface area contributed by atoms with E-state index in [1.165, 1.54) is 13.2 Å². The van der Waals surface area contributed by atoms with Crippen LogP contribution in [0.15, 0.2) is 18.2 Å². The molecular weight excluding hydrogens is 217 g/mol. The highest BCUT2D eigenvalue weighted by molar-refractivity contribution is 5.85. The SMILES string of the molecule is CCC[C@H](N)c1ccc(OC)c(F)c1.Cl. The lowest BCUT2D eigenvalue weighted by Crippen LogP contribution is -2.10. The average molecular weight is 234 g/mol. The zero-order valence-corrected chi connectivity index (χ0v) is 9.81. The number of hydrogen-bond acceptors (Lipinski definition) is 2. The van der Waals surface area contributed by atoms with Gasteiger partial charge in [0.15, 0.2) is 11.6 Å². The molecule has 15 heavy (non-hydrogen) atoms. The predicted molar refractivity (Wildman–Crippen MR) is 62.0 cm³/mol. The Morgan fingerprint density at radius 2 is 2.13 bits per heavy atom. The molecule has 0 heterocycles. The van der Waals surface area contributed by atoms with E-state index in [1.807, 2.05) is 6.07 Å². The molecule has 0 saturated carbocycles. The Hall–Kier alpha value is -0.800. The summed E-state index contributed by atoms with van der Waals surface area (Å²) in [5, 5.41) is 0. The van der Waals surface area contributed by atoms with E-state index in [0.717, 1.165) is 18.4 Å². The Labute approximate surface area is 96.0 Å². The monoisotopic (exact) mass is 233 g/mol. The molecule has 0 saturated heterocycles. The summed E-state index contributed by atoms with van der Waals surface area (Å²) in [6.45, 7) is 2.06. The van der Waals surface area contributed by atoms with E-state index in [9.17, 15) is 4.39 Å². The Balaban J connectivity index is 0.00000196. The van der Waals surface area contributed by atoms with Crippen molar-refractivity contribution in [3.63, 3.8) is 0 Å². The molecule has 2 nitrogen and oxygen atoms in total. The van der Waals surface area contributed by atoms with Gasteiger partial charge in [0.2, 0.25) is 0 Å². The molecule has 0 radical (unpaired) electrons. The molecular formula is C11H17ClFNO. The third kappa shape index (κ3) is 3.68. The van der Waals surface area contributed by atoms with Crippen LogP contribution >= 0.6 is 12.4 Å². The van der Waals surface area contributed by atoms with Crippen molar-refractivity contribution in [1.29, 1.82) is 0 Å². The summed E-state index contributed by atoms with van der Waals surface area (Å²) in [5.41, 5.74) is 6.68. The van der Waals surface area contributed by atoms with Crippen molar-refractivity contribution in [3.8, 4) is 5.75 Å². The number of rotatable bonds is 4. The van der Waals surface area contributed by atoms with Crippen LogP contribution in [0.3, 0.4) is 0 Å². The van der Waals surface area contributed by atoms with Crippen LogP contribution < -0.4 is 10.5 Å². The van der Waals surface area contributed by atoms with Gasteiger partial charge in [0.25, 0.3) is 0 Å². The van der Waals surface area contributed by atoms with E-state index in [-0.39, 0.29) is 30.0 Å². The molecule has 0 aliphatic rings. The van der Waals surface area contributed by atoms with E-state index in [4.69, 9.17) is 10.5 Å². The summed E-state index contributed by atoms with van der Waals surface area (Å²) in [6.07, 6.45) is 1.86. The Bertz CT molecular complexity index is 307. The highest BCUT2D eigenvalue weighted by Crippen LogP contribution is 2.22. The van der Waals surface area contributed by atoms with E-state index in [1.54, 1.807) is 6.07 Å². The second-order valence-electron chi connectivity index (χ2n) is 3.29. The average Bonchev–Trinajstić information content (AvgIpc) is 2.18. The first-order valence-corrected chi connectivity index (χ1v) is 4.78. The molecule has 0 spiro atoms. The Morgan fingerprint density at radius 1 is 1.47 bits per heavy atom. The molecule has 0 unspecified atom stereocenters. The molecule has 1 rings (SSSR count). The van der Waals surface area contributed by atoms with Crippen molar-refractivity contribution in [2.24, 2.45) is 5.73 Å². The van der Waals surface area contributed by atoms with Gasteiger partial charge >= 0.3 is 0 Å². The lowest BCUT2D eigenvalue weighted by atomic mass is 10.0. The van der Waals surface area contributed by atoms with E-state index >= 15 is 0 Å². The van der Waals surface area contributed by atoms with Gasteiger partial charge in [0.05, 0.1) is 7.11 Å². The van der Waals surface area contributed by atoms with Gasteiger partial charge < -0.3 is 10.5 Å². The highest BCUT2D eigenvalue weighted by Gasteiger charge is 2.08. The maximum absolute atomic E-state index is 13.3. The van der Waals surface area contributed by atoms with Gasteiger partial charge in [-0.1, -0.05) is 19.4 Å². The first-order valence-electron chi connectivity index (χ1n) is 4.78. The van der Waals surface area contributed by atoms with Crippen LogP contribution in [0.5, 0.6) is 5.75 Å². The second kappa shape index (κ2) is 6.64. The van der Waals surface area contributed by atoms with Crippen LogP contribution in [0.2, 0.25) is 0 Å². The van der Waals surface area contributed by atoms with Crippen molar-refractivity contribution in [2.45, 2.75) is 25.8 Å². The lowest BCUT2D eigenvalue weighted by Gasteiger charge is -2.11. The molecule has 0 amide bonds. The molecule has 1 atom stereocenters. The smallest absolute Gasteiger partial charge is 0.165 e. The number of benzene rings is 1. The zero-order chi connectivity index (χ0) is 10.6. The highest BCUT2D eigenvalue weighted by atomic mass is 35.5. The zero-order valence-electron chi connectivity index (χ0n) is 9.00. The minimum Gasteiger partial charge on any atom is -0.494 e. The number of halogens is 2. The Kier molecular flexibility index (Phi) is 6.29. The van der Waals surface area contributed by atoms with Crippen molar-refractivity contribution >= 4 is 12.4 Å². The molecule has 1 aromatic rings. The maximum Gasteiger partial charge on any atom is 0.165 e. The molecule has 0 aliphatic heterocycles. The van der Waals surface area contributed by atoms with Crippen molar-refractivity contribution < 1.29 is 9.13 Å². The van der Waals surface area contributed by atoms with Crippen molar-refractivity contribution in [3.05, 3.63) is 29.6 Å². The van der Waals surface area contributed by atoms with Crippen LogP contribution in [-0.4, -0.2) is 7.11 Å². The van der Waals surface area contributed by atoms with E-state index in [2.05, 4.69) is 6.92 Å². The van der Waals surface area contributed by atoms with E-state index < -0.39 is 0 Å². The molecule has 1 aromatic carbocycles. The predicted octanol–water partition coefficient (Wildman–Crippen LogP) is 3.06. The third-order valence-corrected chi connectivity index (χ3v) is 2.20. The summed E-state index contributed by atoms with van der Waals surface area (Å²) < 4.78 is 18.1. The van der Waals surface area contributed by atoms with Crippen LogP contribution in [0, 0.1) is 5.82 Å². The summed E-state index contributed by atoms with van der Waals surface area (Å²) >= 11 is 0. The summed E-state index contributed by atoms with van der Waals surface area (Å²) in [6, 6.07) is 4.78. The first-order chi connectivity index (χ1) is 6.69. The maximum atomic E-state index is 13.3. The van der Waals surface area contributed by atoms with Gasteiger partial charge in [-0.25, -0.2) is 4.39 Å². The van der Waals surface area contributed by atoms with Gasteiger partial charge in [0, 0.05) is 6.04 Å².